The highest BCUT2D eigenvalue weighted by atomic mass is 16.1. The highest BCUT2D eigenvalue weighted by Gasteiger charge is 2.22. The third-order valence-corrected chi connectivity index (χ3v) is 3.97. The van der Waals surface area contributed by atoms with Gasteiger partial charge in [-0.15, -0.1) is 0 Å². The molecule has 1 saturated heterocycles. The molecular formula is C16H32N4O. The average molecular weight is 296 g/mol. The number of hydrogen-bond donors (Lipinski definition) is 2. The standard InChI is InChI=1S/C16H32N4O/c1-5-18-16(19-9-6-13(2)3)20-10-7-14(8-11-20)12-15(21)17-4/h13-14H,5-12H2,1-4H3,(H,17,21)(H,18,19). The van der Waals surface area contributed by atoms with Gasteiger partial charge in [0.05, 0.1) is 0 Å². The molecule has 0 spiro atoms. The molecule has 122 valence electrons. The van der Waals surface area contributed by atoms with E-state index in [4.69, 9.17) is 4.99 Å². The number of amides is 1. The Bertz CT molecular complexity index is 333. The van der Waals surface area contributed by atoms with Gasteiger partial charge in [-0.05, 0) is 38.0 Å². The van der Waals surface area contributed by atoms with Crippen LogP contribution in [0, 0.1) is 11.8 Å². The monoisotopic (exact) mass is 296 g/mol. The minimum atomic E-state index is 0.158. The Labute approximate surface area is 129 Å². The molecule has 2 N–H and O–H groups in total. The number of carbonyl (C=O) groups excluding carboxylic acids is 1. The van der Waals surface area contributed by atoms with Crippen molar-refractivity contribution >= 4 is 11.9 Å². The fourth-order valence-corrected chi connectivity index (χ4v) is 2.57. The molecule has 1 rings (SSSR count). The van der Waals surface area contributed by atoms with E-state index in [2.05, 4.69) is 36.3 Å². The van der Waals surface area contributed by atoms with E-state index in [1.807, 2.05) is 0 Å². The minimum absolute atomic E-state index is 0.158. The van der Waals surface area contributed by atoms with Crippen LogP contribution >= 0.6 is 0 Å². The van der Waals surface area contributed by atoms with Crippen LogP contribution in [0.1, 0.15) is 46.5 Å². The molecule has 1 amide bonds. The van der Waals surface area contributed by atoms with Gasteiger partial charge < -0.3 is 15.5 Å². The second-order valence-electron chi connectivity index (χ2n) is 6.23. The molecule has 0 aromatic carbocycles. The van der Waals surface area contributed by atoms with Crippen LogP contribution < -0.4 is 10.6 Å². The van der Waals surface area contributed by atoms with Gasteiger partial charge in [-0.1, -0.05) is 13.8 Å². The zero-order valence-corrected chi connectivity index (χ0v) is 14.1. The third-order valence-electron chi connectivity index (χ3n) is 3.97. The van der Waals surface area contributed by atoms with Crippen LogP contribution in [0.5, 0.6) is 0 Å². The summed E-state index contributed by atoms with van der Waals surface area (Å²) in [6.45, 7) is 10.3. The predicted octanol–water partition coefficient (Wildman–Crippen LogP) is 1.85. The molecule has 1 fully saturated rings. The van der Waals surface area contributed by atoms with E-state index in [-0.39, 0.29) is 5.91 Å². The highest BCUT2D eigenvalue weighted by Crippen LogP contribution is 2.20. The lowest BCUT2D eigenvalue weighted by molar-refractivity contribution is -0.121. The van der Waals surface area contributed by atoms with Crippen LogP contribution in [0.25, 0.3) is 0 Å². The Morgan fingerprint density at radius 1 is 1.33 bits per heavy atom. The molecule has 0 radical (unpaired) electrons. The van der Waals surface area contributed by atoms with Gasteiger partial charge in [0.15, 0.2) is 5.96 Å². The lowest BCUT2D eigenvalue weighted by Gasteiger charge is -2.34. The molecule has 0 unspecified atom stereocenters. The zero-order chi connectivity index (χ0) is 15.7. The Kier molecular flexibility index (Phi) is 8.16. The maximum Gasteiger partial charge on any atom is 0.220 e. The van der Waals surface area contributed by atoms with Crippen LogP contribution in [0.2, 0.25) is 0 Å². The molecule has 5 heteroatoms. The first kappa shape index (κ1) is 17.8. The molecule has 0 saturated carbocycles. The molecule has 0 bridgehead atoms. The number of hydrogen-bond acceptors (Lipinski definition) is 2. The van der Waals surface area contributed by atoms with Gasteiger partial charge >= 0.3 is 0 Å². The highest BCUT2D eigenvalue weighted by molar-refractivity contribution is 5.80. The van der Waals surface area contributed by atoms with Gasteiger partial charge in [-0.3, -0.25) is 9.79 Å². The van der Waals surface area contributed by atoms with Crippen LogP contribution in [0.3, 0.4) is 0 Å². The summed E-state index contributed by atoms with van der Waals surface area (Å²) in [4.78, 5) is 18.5. The van der Waals surface area contributed by atoms with Gasteiger partial charge in [0.2, 0.25) is 5.91 Å². The molecule has 0 aliphatic carbocycles. The summed E-state index contributed by atoms with van der Waals surface area (Å²) in [6.07, 6.45) is 3.93. The van der Waals surface area contributed by atoms with Crippen LogP contribution in [0.4, 0.5) is 0 Å². The van der Waals surface area contributed by atoms with Crippen molar-refractivity contribution < 1.29 is 4.79 Å². The maximum atomic E-state index is 11.4. The SMILES string of the molecule is CCNC(=NCCC(C)C)N1CCC(CC(=O)NC)CC1. The molecule has 5 nitrogen and oxygen atoms in total. The zero-order valence-electron chi connectivity index (χ0n) is 14.1. The van der Waals surface area contributed by atoms with E-state index >= 15 is 0 Å². The third kappa shape index (κ3) is 6.82. The summed E-state index contributed by atoms with van der Waals surface area (Å²) in [6, 6.07) is 0. The molecule has 21 heavy (non-hydrogen) atoms. The lowest BCUT2D eigenvalue weighted by Crippen LogP contribution is -2.46. The number of rotatable bonds is 6. The number of piperidine rings is 1. The summed E-state index contributed by atoms with van der Waals surface area (Å²) in [5.41, 5.74) is 0. The summed E-state index contributed by atoms with van der Waals surface area (Å²) in [5.74, 6) is 2.40. The molecule has 0 atom stereocenters. The molecule has 1 heterocycles. The first-order valence-electron chi connectivity index (χ1n) is 8.30. The van der Waals surface area contributed by atoms with Crippen LogP contribution in [0.15, 0.2) is 4.99 Å². The summed E-state index contributed by atoms with van der Waals surface area (Å²) >= 11 is 0. The quantitative estimate of drug-likeness (QED) is 0.581. The van der Waals surface area contributed by atoms with E-state index in [1.165, 1.54) is 0 Å². The topological polar surface area (TPSA) is 56.7 Å². The number of guanidine groups is 1. The summed E-state index contributed by atoms with van der Waals surface area (Å²) in [7, 11) is 1.71. The van der Waals surface area contributed by atoms with Crippen molar-refractivity contribution in [3.63, 3.8) is 0 Å². The van der Waals surface area contributed by atoms with E-state index < -0.39 is 0 Å². The fraction of sp³-hybridized carbons (Fsp3) is 0.875. The molecular weight excluding hydrogens is 264 g/mol. The Balaban J connectivity index is 2.45. The lowest BCUT2D eigenvalue weighted by atomic mass is 9.93. The number of aliphatic imine (C=N–C) groups is 1. The van der Waals surface area contributed by atoms with Crippen LogP contribution in [-0.4, -0.2) is 50.0 Å². The number of nitrogens with zero attached hydrogens (tertiary/aromatic N) is 2. The second-order valence-corrected chi connectivity index (χ2v) is 6.23. The van der Waals surface area contributed by atoms with Gasteiger partial charge in [0.1, 0.15) is 0 Å². The molecule has 0 aromatic heterocycles. The minimum Gasteiger partial charge on any atom is -0.359 e. The number of likely N-dealkylation sites (tertiary alicyclic amines) is 1. The van der Waals surface area contributed by atoms with Crippen molar-refractivity contribution in [2.75, 3.05) is 33.2 Å². The van der Waals surface area contributed by atoms with Crippen molar-refractivity contribution in [3.8, 4) is 0 Å². The predicted molar refractivity (Wildman–Crippen MR) is 88.4 cm³/mol. The van der Waals surface area contributed by atoms with E-state index in [1.54, 1.807) is 7.05 Å². The second kappa shape index (κ2) is 9.64. The van der Waals surface area contributed by atoms with Crippen LogP contribution in [-0.2, 0) is 4.79 Å². The van der Waals surface area contributed by atoms with Crippen molar-refractivity contribution in [2.45, 2.75) is 46.5 Å². The summed E-state index contributed by atoms with van der Waals surface area (Å²) in [5, 5.41) is 6.11. The van der Waals surface area contributed by atoms with Gasteiger partial charge in [0.25, 0.3) is 0 Å². The van der Waals surface area contributed by atoms with Crippen molar-refractivity contribution in [3.05, 3.63) is 0 Å². The summed E-state index contributed by atoms with van der Waals surface area (Å²) < 4.78 is 0. The molecule has 0 aromatic rings. The van der Waals surface area contributed by atoms with E-state index in [0.717, 1.165) is 51.4 Å². The smallest absolute Gasteiger partial charge is 0.220 e. The Morgan fingerprint density at radius 2 is 2.00 bits per heavy atom. The first-order chi connectivity index (χ1) is 10.1. The van der Waals surface area contributed by atoms with Crippen molar-refractivity contribution in [2.24, 2.45) is 16.8 Å². The van der Waals surface area contributed by atoms with Gasteiger partial charge in [-0.25, -0.2) is 0 Å². The largest absolute Gasteiger partial charge is 0.359 e. The molecule has 1 aliphatic heterocycles. The van der Waals surface area contributed by atoms with E-state index in [0.29, 0.717) is 18.3 Å². The fourth-order valence-electron chi connectivity index (χ4n) is 2.57. The number of nitrogens with one attached hydrogen (secondary N) is 2. The Morgan fingerprint density at radius 3 is 2.52 bits per heavy atom. The number of carbonyl (C=O) groups is 1. The van der Waals surface area contributed by atoms with Crippen molar-refractivity contribution in [1.29, 1.82) is 0 Å². The molecule has 1 aliphatic rings. The van der Waals surface area contributed by atoms with E-state index in [9.17, 15) is 4.79 Å². The van der Waals surface area contributed by atoms with Gasteiger partial charge in [-0.2, -0.15) is 0 Å². The maximum absolute atomic E-state index is 11.4. The Hall–Kier alpha value is -1.26. The van der Waals surface area contributed by atoms with Gasteiger partial charge in [0, 0.05) is 39.6 Å². The normalized spacial score (nSPS) is 17.2. The average Bonchev–Trinajstić information content (AvgIpc) is 2.47. The van der Waals surface area contributed by atoms with Crippen molar-refractivity contribution in [1.82, 2.24) is 15.5 Å². The first-order valence-corrected chi connectivity index (χ1v) is 8.30.